The molecule has 2 aliphatic rings. The average molecular weight is 286 g/mol. The molecule has 3 rings (SSSR count). The lowest BCUT2D eigenvalue weighted by atomic mass is 9.89. The van der Waals surface area contributed by atoms with E-state index in [1.165, 1.54) is 12.8 Å². The van der Waals surface area contributed by atoms with Crippen molar-refractivity contribution in [1.29, 1.82) is 0 Å². The van der Waals surface area contributed by atoms with Crippen LogP contribution < -0.4 is 4.90 Å². The Hall–Kier alpha value is -1.42. The molecule has 0 unspecified atom stereocenters. The number of rotatable bonds is 3. The van der Waals surface area contributed by atoms with E-state index in [1.807, 2.05) is 6.20 Å². The van der Waals surface area contributed by atoms with Gasteiger partial charge >= 0.3 is 0 Å². The summed E-state index contributed by atoms with van der Waals surface area (Å²) in [4.78, 5) is 14.0. The van der Waals surface area contributed by atoms with Gasteiger partial charge in [-0.3, -0.25) is 4.90 Å². The molecule has 0 spiro atoms. The minimum absolute atomic E-state index is 0.345. The fourth-order valence-corrected chi connectivity index (χ4v) is 3.25. The average Bonchev–Trinajstić information content (AvgIpc) is 2.92. The van der Waals surface area contributed by atoms with Crippen molar-refractivity contribution in [3.63, 3.8) is 0 Å². The second-order valence-electron chi connectivity index (χ2n) is 7.05. The van der Waals surface area contributed by atoms with Crippen LogP contribution in [0.3, 0.4) is 0 Å². The molecule has 0 radical (unpaired) electrons. The molecule has 0 bridgehead atoms. The summed E-state index contributed by atoms with van der Waals surface area (Å²) in [5.74, 6) is 0.912. The van der Waals surface area contributed by atoms with Crippen molar-refractivity contribution in [3.05, 3.63) is 30.1 Å². The van der Waals surface area contributed by atoms with Gasteiger partial charge in [0.1, 0.15) is 0 Å². The molecule has 1 saturated heterocycles. The molecule has 1 aromatic heterocycles. The standard InChI is InChI=1S/C17H26N4/c1-17(2)8-3-4-10-20(14-17)13-15-7-9-18-16(19-15)21-11-5-6-12-21/h3-4,7,9H,5-6,8,10-14H2,1-2H3. The van der Waals surface area contributed by atoms with Crippen molar-refractivity contribution in [2.45, 2.75) is 39.7 Å². The molecule has 114 valence electrons. The molecule has 1 aromatic rings. The minimum Gasteiger partial charge on any atom is -0.341 e. The van der Waals surface area contributed by atoms with Crippen LogP contribution in [-0.2, 0) is 6.54 Å². The first-order valence-electron chi connectivity index (χ1n) is 8.07. The lowest BCUT2D eigenvalue weighted by Gasteiger charge is -2.29. The Balaban J connectivity index is 1.69. The Morgan fingerprint density at radius 1 is 1.19 bits per heavy atom. The van der Waals surface area contributed by atoms with E-state index in [1.54, 1.807) is 0 Å². The van der Waals surface area contributed by atoms with Crippen LogP contribution in [0.1, 0.15) is 38.8 Å². The van der Waals surface area contributed by atoms with Gasteiger partial charge in [-0.15, -0.1) is 0 Å². The van der Waals surface area contributed by atoms with Crippen LogP contribution in [0.5, 0.6) is 0 Å². The van der Waals surface area contributed by atoms with Gasteiger partial charge in [-0.25, -0.2) is 9.97 Å². The van der Waals surface area contributed by atoms with Gasteiger partial charge in [-0.1, -0.05) is 26.0 Å². The maximum Gasteiger partial charge on any atom is 0.225 e. The van der Waals surface area contributed by atoms with E-state index in [2.05, 4.69) is 46.8 Å². The summed E-state index contributed by atoms with van der Waals surface area (Å²) in [5.41, 5.74) is 1.48. The van der Waals surface area contributed by atoms with E-state index < -0.39 is 0 Å². The number of nitrogens with zero attached hydrogens (tertiary/aromatic N) is 4. The SMILES string of the molecule is CC1(C)CC=CCN(Cc2ccnc(N3CCCC3)n2)C1. The number of aromatic nitrogens is 2. The quantitative estimate of drug-likeness (QED) is 0.800. The maximum absolute atomic E-state index is 4.78. The summed E-state index contributed by atoms with van der Waals surface area (Å²) in [6.45, 7) is 9.93. The molecule has 0 aromatic carbocycles. The van der Waals surface area contributed by atoms with Crippen LogP contribution in [0.15, 0.2) is 24.4 Å². The third-order valence-corrected chi connectivity index (χ3v) is 4.33. The molecule has 1 fully saturated rings. The first-order valence-corrected chi connectivity index (χ1v) is 8.07. The zero-order valence-electron chi connectivity index (χ0n) is 13.3. The predicted molar refractivity (Wildman–Crippen MR) is 86.3 cm³/mol. The second kappa shape index (κ2) is 6.14. The number of hydrogen-bond donors (Lipinski definition) is 0. The van der Waals surface area contributed by atoms with Crippen molar-refractivity contribution >= 4 is 5.95 Å². The normalized spacial score (nSPS) is 22.5. The fraction of sp³-hybridized carbons (Fsp3) is 0.647. The van der Waals surface area contributed by atoms with Crippen LogP contribution in [0, 0.1) is 5.41 Å². The molecule has 4 heteroatoms. The summed E-state index contributed by atoms with van der Waals surface area (Å²) >= 11 is 0. The highest BCUT2D eigenvalue weighted by atomic mass is 15.3. The highest BCUT2D eigenvalue weighted by Crippen LogP contribution is 2.25. The van der Waals surface area contributed by atoms with Gasteiger partial charge in [-0.2, -0.15) is 0 Å². The number of anilines is 1. The van der Waals surface area contributed by atoms with Crippen LogP contribution in [0.2, 0.25) is 0 Å². The summed E-state index contributed by atoms with van der Waals surface area (Å²) in [6.07, 6.45) is 10.2. The molecular formula is C17H26N4. The predicted octanol–water partition coefficient (Wildman–Crippen LogP) is 2.86. The molecule has 0 amide bonds. The van der Waals surface area contributed by atoms with Gasteiger partial charge in [0.25, 0.3) is 0 Å². The summed E-state index contributed by atoms with van der Waals surface area (Å²) in [7, 11) is 0. The van der Waals surface area contributed by atoms with Crippen LogP contribution >= 0.6 is 0 Å². The van der Waals surface area contributed by atoms with Gasteiger partial charge in [0.2, 0.25) is 5.95 Å². The zero-order chi connectivity index (χ0) is 14.7. The van der Waals surface area contributed by atoms with Crippen LogP contribution in [0.4, 0.5) is 5.95 Å². The molecule has 21 heavy (non-hydrogen) atoms. The Kier molecular flexibility index (Phi) is 4.24. The minimum atomic E-state index is 0.345. The van der Waals surface area contributed by atoms with Crippen LogP contribution in [0.25, 0.3) is 0 Å². The van der Waals surface area contributed by atoms with Gasteiger partial charge in [0, 0.05) is 38.9 Å². The van der Waals surface area contributed by atoms with Crippen molar-refractivity contribution in [2.75, 3.05) is 31.1 Å². The molecule has 0 atom stereocenters. The number of allylic oxidation sites excluding steroid dienone is 1. The van der Waals surface area contributed by atoms with E-state index in [9.17, 15) is 0 Å². The molecule has 0 saturated carbocycles. The molecule has 0 aliphatic carbocycles. The van der Waals surface area contributed by atoms with Gasteiger partial charge in [0.05, 0.1) is 5.69 Å². The van der Waals surface area contributed by atoms with Crippen molar-refractivity contribution in [1.82, 2.24) is 14.9 Å². The monoisotopic (exact) mass is 286 g/mol. The van der Waals surface area contributed by atoms with Crippen molar-refractivity contribution in [3.8, 4) is 0 Å². The zero-order valence-corrected chi connectivity index (χ0v) is 13.3. The molecular weight excluding hydrogens is 260 g/mol. The Morgan fingerprint density at radius 3 is 2.81 bits per heavy atom. The van der Waals surface area contributed by atoms with Gasteiger partial charge in [-0.05, 0) is 30.7 Å². The van der Waals surface area contributed by atoms with E-state index >= 15 is 0 Å². The maximum atomic E-state index is 4.78. The molecule has 3 heterocycles. The Morgan fingerprint density at radius 2 is 2.00 bits per heavy atom. The smallest absolute Gasteiger partial charge is 0.225 e. The Bertz CT molecular complexity index is 503. The fourth-order valence-electron chi connectivity index (χ4n) is 3.25. The molecule has 4 nitrogen and oxygen atoms in total. The third kappa shape index (κ3) is 3.82. The third-order valence-electron chi connectivity index (χ3n) is 4.33. The lowest BCUT2D eigenvalue weighted by Crippen LogP contribution is -2.33. The summed E-state index contributed by atoms with van der Waals surface area (Å²) < 4.78 is 0. The number of hydrogen-bond acceptors (Lipinski definition) is 4. The highest BCUT2D eigenvalue weighted by Gasteiger charge is 2.23. The van der Waals surface area contributed by atoms with E-state index in [0.717, 1.165) is 50.8 Å². The van der Waals surface area contributed by atoms with E-state index in [-0.39, 0.29) is 0 Å². The molecule has 2 aliphatic heterocycles. The first kappa shape index (κ1) is 14.5. The van der Waals surface area contributed by atoms with E-state index in [0.29, 0.717) is 5.41 Å². The summed E-state index contributed by atoms with van der Waals surface area (Å²) in [5, 5.41) is 0. The lowest BCUT2D eigenvalue weighted by molar-refractivity contribution is 0.193. The second-order valence-corrected chi connectivity index (χ2v) is 7.05. The molecule has 0 N–H and O–H groups in total. The van der Waals surface area contributed by atoms with Gasteiger partial charge in [0.15, 0.2) is 0 Å². The van der Waals surface area contributed by atoms with Crippen molar-refractivity contribution < 1.29 is 0 Å². The van der Waals surface area contributed by atoms with Gasteiger partial charge < -0.3 is 4.90 Å². The van der Waals surface area contributed by atoms with Crippen molar-refractivity contribution in [2.24, 2.45) is 5.41 Å². The summed E-state index contributed by atoms with van der Waals surface area (Å²) in [6, 6.07) is 2.06. The largest absolute Gasteiger partial charge is 0.341 e. The Labute approximate surface area is 127 Å². The topological polar surface area (TPSA) is 32.3 Å². The first-order chi connectivity index (χ1) is 10.1. The highest BCUT2D eigenvalue weighted by molar-refractivity contribution is 5.31. The van der Waals surface area contributed by atoms with E-state index in [4.69, 9.17) is 4.98 Å². The van der Waals surface area contributed by atoms with Crippen LogP contribution in [-0.4, -0.2) is 41.0 Å².